The first-order chi connectivity index (χ1) is 12.0. The molecule has 0 aliphatic rings. The van der Waals surface area contributed by atoms with E-state index in [0.29, 0.717) is 21.7 Å². The van der Waals surface area contributed by atoms with E-state index in [-0.39, 0.29) is 23.2 Å². The highest BCUT2D eigenvalue weighted by molar-refractivity contribution is 6.39. The van der Waals surface area contributed by atoms with E-state index in [9.17, 15) is 9.59 Å². The lowest BCUT2D eigenvalue weighted by Crippen LogP contribution is -2.30. The SMILES string of the molecule is CN(Cc1ccco1)C(=O)COC(=O)c1[nH]c2ccc(Cl)cc2c1Cl. The Kier molecular flexibility index (Phi) is 5.01. The van der Waals surface area contributed by atoms with E-state index in [1.165, 1.54) is 11.2 Å². The van der Waals surface area contributed by atoms with Gasteiger partial charge in [0, 0.05) is 23.0 Å². The molecule has 0 aliphatic heterocycles. The number of amides is 1. The normalized spacial score (nSPS) is 10.8. The second kappa shape index (κ2) is 7.21. The van der Waals surface area contributed by atoms with Crippen LogP contribution in [0.25, 0.3) is 10.9 Å². The van der Waals surface area contributed by atoms with Crippen molar-refractivity contribution in [3.8, 4) is 0 Å². The highest BCUT2D eigenvalue weighted by atomic mass is 35.5. The second-order valence-corrected chi connectivity index (χ2v) is 6.22. The number of aromatic nitrogens is 1. The van der Waals surface area contributed by atoms with Crippen LogP contribution in [0, 0.1) is 0 Å². The van der Waals surface area contributed by atoms with E-state index in [1.807, 2.05) is 0 Å². The monoisotopic (exact) mass is 380 g/mol. The summed E-state index contributed by atoms with van der Waals surface area (Å²) < 4.78 is 10.2. The summed E-state index contributed by atoms with van der Waals surface area (Å²) in [5.41, 5.74) is 0.739. The van der Waals surface area contributed by atoms with E-state index >= 15 is 0 Å². The standard InChI is InChI=1S/C17H14Cl2N2O4/c1-21(8-11-3-2-6-24-11)14(22)9-25-17(23)16-15(19)12-7-10(18)4-5-13(12)20-16/h2-7,20H,8-9H2,1H3. The number of fused-ring (bicyclic) bond motifs is 1. The molecular weight excluding hydrogens is 367 g/mol. The zero-order chi connectivity index (χ0) is 18.0. The van der Waals surface area contributed by atoms with Crippen LogP contribution in [0.15, 0.2) is 41.0 Å². The van der Waals surface area contributed by atoms with Crippen LogP contribution in [0.4, 0.5) is 0 Å². The summed E-state index contributed by atoms with van der Waals surface area (Å²) in [7, 11) is 1.59. The number of likely N-dealkylation sites (N-methyl/N-ethyl adjacent to an activating group) is 1. The van der Waals surface area contributed by atoms with E-state index < -0.39 is 12.6 Å². The van der Waals surface area contributed by atoms with Crippen LogP contribution >= 0.6 is 23.2 Å². The molecule has 8 heteroatoms. The van der Waals surface area contributed by atoms with Crippen LogP contribution in [-0.4, -0.2) is 35.4 Å². The van der Waals surface area contributed by atoms with Crippen molar-refractivity contribution < 1.29 is 18.7 Å². The average Bonchev–Trinajstić information content (AvgIpc) is 3.21. The van der Waals surface area contributed by atoms with E-state index in [1.54, 1.807) is 37.4 Å². The Hall–Kier alpha value is -2.44. The van der Waals surface area contributed by atoms with Crippen LogP contribution in [0.1, 0.15) is 16.2 Å². The van der Waals surface area contributed by atoms with E-state index in [0.717, 1.165) is 0 Å². The molecule has 0 fully saturated rings. The maximum atomic E-state index is 12.2. The highest BCUT2D eigenvalue weighted by Gasteiger charge is 2.20. The zero-order valence-electron chi connectivity index (χ0n) is 13.2. The first-order valence-electron chi connectivity index (χ1n) is 7.36. The van der Waals surface area contributed by atoms with Gasteiger partial charge in [-0.05, 0) is 30.3 Å². The Morgan fingerprint density at radius 2 is 2.08 bits per heavy atom. The number of nitrogens with one attached hydrogen (secondary N) is 1. The quantitative estimate of drug-likeness (QED) is 0.681. The Morgan fingerprint density at radius 3 is 2.80 bits per heavy atom. The number of esters is 1. The predicted octanol–water partition coefficient (Wildman–Crippen LogP) is 3.88. The largest absolute Gasteiger partial charge is 0.467 e. The maximum absolute atomic E-state index is 12.2. The number of halogens is 2. The van der Waals surface area contributed by atoms with Gasteiger partial charge >= 0.3 is 5.97 Å². The minimum atomic E-state index is -0.711. The number of benzene rings is 1. The lowest BCUT2D eigenvalue weighted by atomic mass is 10.2. The maximum Gasteiger partial charge on any atom is 0.356 e. The summed E-state index contributed by atoms with van der Waals surface area (Å²) in [6, 6.07) is 8.53. The molecule has 2 aromatic heterocycles. The fourth-order valence-corrected chi connectivity index (χ4v) is 2.76. The van der Waals surface area contributed by atoms with Gasteiger partial charge in [-0.25, -0.2) is 4.79 Å². The van der Waals surface area contributed by atoms with Crippen molar-refractivity contribution in [2.75, 3.05) is 13.7 Å². The lowest BCUT2D eigenvalue weighted by Gasteiger charge is -2.15. The van der Waals surface area contributed by atoms with E-state index in [4.69, 9.17) is 32.4 Å². The van der Waals surface area contributed by atoms with Crippen molar-refractivity contribution in [3.63, 3.8) is 0 Å². The summed E-state index contributed by atoms with van der Waals surface area (Å²) >= 11 is 12.1. The fraction of sp³-hybridized carbons (Fsp3) is 0.176. The number of carbonyl (C=O) groups excluding carboxylic acids is 2. The number of carbonyl (C=O) groups is 2. The molecule has 0 unspecified atom stereocenters. The van der Waals surface area contributed by atoms with Gasteiger partial charge in [0.15, 0.2) is 6.61 Å². The first-order valence-corrected chi connectivity index (χ1v) is 8.11. The first kappa shape index (κ1) is 17.4. The number of ether oxygens (including phenoxy) is 1. The smallest absolute Gasteiger partial charge is 0.356 e. The van der Waals surface area contributed by atoms with Gasteiger partial charge in [-0.1, -0.05) is 23.2 Å². The van der Waals surface area contributed by atoms with Crippen molar-refractivity contribution in [2.24, 2.45) is 0 Å². The molecule has 1 aromatic carbocycles. The van der Waals surface area contributed by atoms with Crippen LogP contribution < -0.4 is 0 Å². The molecule has 6 nitrogen and oxygen atoms in total. The number of furan rings is 1. The molecule has 25 heavy (non-hydrogen) atoms. The molecule has 1 N–H and O–H groups in total. The Labute approximate surface area is 153 Å². The molecule has 0 radical (unpaired) electrons. The van der Waals surface area contributed by atoms with Crippen molar-refractivity contribution in [3.05, 3.63) is 58.1 Å². The van der Waals surface area contributed by atoms with Crippen LogP contribution in [-0.2, 0) is 16.1 Å². The van der Waals surface area contributed by atoms with Crippen LogP contribution in [0.5, 0.6) is 0 Å². The topological polar surface area (TPSA) is 75.5 Å². The van der Waals surface area contributed by atoms with Gasteiger partial charge in [0.2, 0.25) is 0 Å². The Balaban J connectivity index is 1.64. The van der Waals surface area contributed by atoms with Gasteiger partial charge in [0.1, 0.15) is 11.5 Å². The molecule has 0 saturated heterocycles. The average molecular weight is 381 g/mol. The molecular formula is C17H14Cl2N2O4. The number of hydrogen-bond acceptors (Lipinski definition) is 4. The molecule has 2 heterocycles. The molecule has 0 saturated carbocycles. The number of hydrogen-bond donors (Lipinski definition) is 1. The van der Waals surface area contributed by atoms with Crippen molar-refractivity contribution in [1.29, 1.82) is 0 Å². The second-order valence-electron chi connectivity index (χ2n) is 5.41. The van der Waals surface area contributed by atoms with Crippen molar-refractivity contribution in [1.82, 2.24) is 9.88 Å². The summed E-state index contributed by atoms with van der Waals surface area (Å²) in [4.78, 5) is 28.5. The Bertz CT molecular complexity index is 918. The summed E-state index contributed by atoms with van der Waals surface area (Å²) in [6.45, 7) is -0.114. The van der Waals surface area contributed by atoms with Crippen LogP contribution in [0.2, 0.25) is 10.0 Å². The number of H-pyrrole nitrogens is 1. The van der Waals surface area contributed by atoms with Crippen molar-refractivity contribution in [2.45, 2.75) is 6.54 Å². The molecule has 3 rings (SSSR count). The fourth-order valence-electron chi connectivity index (χ4n) is 2.31. The third-order valence-corrected chi connectivity index (χ3v) is 4.25. The predicted molar refractivity (Wildman–Crippen MR) is 93.8 cm³/mol. The number of nitrogens with zero attached hydrogens (tertiary/aromatic N) is 1. The van der Waals surface area contributed by atoms with Gasteiger partial charge in [0.25, 0.3) is 5.91 Å². The molecule has 0 aliphatic carbocycles. The highest BCUT2D eigenvalue weighted by Crippen LogP contribution is 2.30. The molecule has 130 valence electrons. The summed E-state index contributed by atoms with van der Waals surface area (Å²) in [5, 5.41) is 1.32. The van der Waals surface area contributed by atoms with Crippen LogP contribution in [0.3, 0.4) is 0 Å². The molecule has 0 spiro atoms. The van der Waals surface area contributed by atoms with Gasteiger partial charge in [-0.15, -0.1) is 0 Å². The molecule has 0 bridgehead atoms. The van der Waals surface area contributed by atoms with Gasteiger partial charge < -0.3 is 19.0 Å². The zero-order valence-corrected chi connectivity index (χ0v) is 14.7. The number of aromatic amines is 1. The van der Waals surface area contributed by atoms with Gasteiger partial charge in [0.05, 0.1) is 17.8 Å². The van der Waals surface area contributed by atoms with Gasteiger partial charge in [-0.3, -0.25) is 4.79 Å². The summed E-state index contributed by atoms with van der Waals surface area (Å²) in [5.74, 6) is -0.435. The van der Waals surface area contributed by atoms with Gasteiger partial charge in [-0.2, -0.15) is 0 Å². The lowest BCUT2D eigenvalue weighted by molar-refractivity contribution is -0.134. The minimum Gasteiger partial charge on any atom is -0.467 e. The van der Waals surface area contributed by atoms with Crippen molar-refractivity contribution >= 4 is 46.0 Å². The minimum absolute atomic E-state index is 0.0837. The number of rotatable bonds is 5. The third-order valence-electron chi connectivity index (χ3n) is 3.63. The summed E-state index contributed by atoms with van der Waals surface area (Å²) in [6.07, 6.45) is 1.53. The third kappa shape index (κ3) is 3.81. The molecule has 3 aromatic rings. The van der Waals surface area contributed by atoms with E-state index in [2.05, 4.69) is 4.98 Å². The molecule has 1 amide bonds. The molecule has 0 atom stereocenters. The Morgan fingerprint density at radius 1 is 1.28 bits per heavy atom.